The van der Waals surface area contributed by atoms with E-state index in [1.54, 1.807) is 7.11 Å². The molecule has 6 heteroatoms. The van der Waals surface area contributed by atoms with Crippen LogP contribution in [-0.2, 0) is 6.54 Å². The summed E-state index contributed by atoms with van der Waals surface area (Å²) in [5.74, 6) is 1.26. The van der Waals surface area contributed by atoms with Crippen molar-refractivity contribution in [1.82, 2.24) is 15.5 Å². The van der Waals surface area contributed by atoms with Gasteiger partial charge in [-0.25, -0.2) is 0 Å². The van der Waals surface area contributed by atoms with Gasteiger partial charge >= 0.3 is 6.01 Å². The number of aromatic nitrogens is 2. The number of rotatable bonds is 5. The lowest BCUT2D eigenvalue weighted by Gasteiger charge is -2.06. The predicted molar refractivity (Wildman–Crippen MR) is 63.3 cm³/mol. The fourth-order valence-electron chi connectivity index (χ4n) is 1.39. The Kier molecular flexibility index (Phi) is 3.56. The Bertz CT molecular complexity index is 484. The number of methoxy groups -OCH3 is 1. The number of benzene rings is 1. The molecule has 1 heterocycles. The van der Waals surface area contributed by atoms with Crippen molar-refractivity contribution in [3.63, 3.8) is 0 Å². The average molecular weight is 234 g/mol. The molecule has 0 aliphatic rings. The summed E-state index contributed by atoms with van der Waals surface area (Å²) in [6.07, 6.45) is 0. The van der Waals surface area contributed by atoms with E-state index in [0.29, 0.717) is 18.5 Å². The average Bonchev–Trinajstić information content (AvgIpc) is 2.78. The molecule has 0 fully saturated rings. The van der Waals surface area contributed by atoms with Crippen LogP contribution in [0, 0.1) is 0 Å². The highest BCUT2D eigenvalue weighted by Crippen LogP contribution is 2.26. The van der Waals surface area contributed by atoms with Gasteiger partial charge < -0.3 is 19.8 Å². The van der Waals surface area contributed by atoms with Crippen molar-refractivity contribution in [2.45, 2.75) is 6.54 Å². The Morgan fingerprint density at radius 2 is 2.12 bits per heavy atom. The minimum Gasteiger partial charge on any atom is -0.495 e. The van der Waals surface area contributed by atoms with Gasteiger partial charge in [-0.05, 0) is 19.2 Å². The zero-order chi connectivity index (χ0) is 12.1. The number of nitrogens with one attached hydrogen (secondary N) is 2. The summed E-state index contributed by atoms with van der Waals surface area (Å²) >= 11 is 0. The van der Waals surface area contributed by atoms with E-state index < -0.39 is 0 Å². The Balaban J connectivity index is 2.13. The van der Waals surface area contributed by atoms with Crippen LogP contribution in [0.1, 0.15) is 5.89 Å². The fraction of sp³-hybridized carbons (Fsp3) is 0.273. The third kappa shape index (κ3) is 2.73. The van der Waals surface area contributed by atoms with Gasteiger partial charge in [-0.2, -0.15) is 0 Å². The van der Waals surface area contributed by atoms with E-state index in [2.05, 4.69) is 20.8 Å². The van der Waals surface area contributed by atoms with Crippen LogP contribution >= 0.6 is 0 Å². The highest BCUT2D eigenvalue weighted by atomic mass is 16.5. The molecule has 0 unspecified atom stereocenters. The van der Waals surface area contributed by atoms with Gasteiger partial charge in [0.2, 0.25) is 5.89 Å². The van der Waals surface area contributed by atoms with Crippen LogP contribution in [0.25, 0.3) is 0 Å². The number of nitrogens with zero attached hydrogens (tertiary/aromatic N) is 2. The van der Waals surface area contributed by atoms with Crippen LogP contribution in [0.15, 0.2) is 28.7 Å². The molecule has 0 saturated heterocycles. The second kappa shape index (κ2) is 5.31. The molecule has 0 radical (unpaired) electrons. The lowest BCUT2D eigenvalue weighted by Crippen LogP contribution is -2.04. The first-order valence-corrected chi connectivity index (χ1v) is 5.20. The van der Waals surface area contributed by atoms with Crippen molar-refractivity contribution >= 4 is 11.7 Å². The Hall–Kier alpha value is -2.08. The molecule has 0 atom stereocenters. The van der Waals surface area contributed by atoms with Crippen LogP contribution in [0.2, 0.25) is 0 Å². The normalized spacial score (nSPS) is 10.2. The summed E-state index contributed by atoms with van der Waals surface area (Å²) in [6.45, 7) is 0.542. The number of hydrogen-bond acceptors (Lipinski definition) is 6. The molecule has 17 heavy (non-hydrogen) atoms. The fourth-order valence-corrected chi connectivity index (χ4v) is 1.39. The molecule has 2 N–H and O–H groups in total. The van der Waals surface area contributed by atoms with Crippen molar-refractivity contribution in [1.29, 1.82) is 0 Å². The van der Waals surface area contributed by atoms with Gasteiger partial charge in [-0.15, -0.1) is 5.10 Å². The minimum atomic E-state index is 0.347. The van der Waals surface area contributed by atoms with Crippen molar-refractivity contribution in [3.05, 3.63) is 30.2 Å². The van der Waals surface area contributed by atoms with Crippen LogP contribution in [-0.4, -0.2) is 24.4 Å². The molecule has 0 bridgehead atoms. The minimum absolute atomic E-state index is 0.347. The summed E-state index contributed by atoms with van der Waals surface area (Å²) in [6, 6.07) is 7.87. The number of para-hydroxylation sites is 2. The molecule has 2 aromatic rings. The molecule has 90 valence electrons. The van der Waals surface area contributed by atoms with Crippen LogP contribution in [0.5, 0.6) is 5.75 Å². The third-order valence-electron chi connectivity index (χ3n) is 2.14. The molecule has 0 amide bonds. The first-order chi connectivity index (χ1) is 8.33. The van der Waals surface area contributed by atoms with E-state index in [-0.39, 0.29) is 0 Å². The van der Waals surface area contributed by atoms with E-state index in [0.717, 1.165) is 11.4 Å². The molecule has 0 aliphatic carbocycles. The van der Waals surface area contributed by atoms with Gasteiger partial charge in [0.15, 0.2) is 0 Å². The van der Waals surface area contributed by atoms with E-state index in [1.165, 1.54) is 0 Å². The molecular weight excluding hydrogens is 220 g/mol. The molecule has 2 rings (SSSR count). The predicted octanol–water partition coefficient (Wildman–Crippen LogP) is 1.54. The van der Waals surface area contributed by atoms with Crippen LogP contribution in [0.3, 0.4) is 0 Å². The van der Waals surface area contributed by atoms with Crippen molar-refractivity contribution in [2.24, 2.45) is 0 Å². The summed E-state index contributed by atoms with van der Waals surface area (Å²) in [5, 5.41) is 13.7. The van der Waals surface area contributed by atoms with Crippen molar-refractivity contribution < 1.29 is 9.15 Å². The van der Waals surface area contributed by atoms with E-state index in [1.807, 2.05) is 31.3 Å². The molecule has 0 aliphatic heterocycles. The maximum absolute atomic E-state index is 5.38. The Labute approximate surface area is 99.0 Å². The zero-order valence-electron chi connectivity index (χ0n) is 9.73. The van der Waals surface area contributed by atoms with Gasteiger partial charge in [0.25, 0.3) is 0 Å². The maximum atomic E-state index is 5.38. The summed E-state index contributed by atoms with van der Waals surface area (Å²) in [7, 11) is 3.43. The van der Waals surface area contributed by atoms with E-state index in [4.69, 9.17) is 9.15 Å². The van der Waals surface area contributed by atoms with Gasteiger partial charge in [0.1, 0.15) is 5.75 Å². The first-order valence-electron chi connectivity index (χ1n) is 5.20. The van der Waals surface area contributed by atoms with E-state index >= 15 is 0 Å². The molecule has 1 aromatic carbocycles. The summed E-state index contributed by atoms with van der Waals surface area (Å²) in [4.78, 5) is 0. The van der Waals surface area contributed by atoms with Gasteiger partial charge in [-0.1, -0.05) is 17.2 Å². The number of ether oxygens (including phenoxy) is 1. The summed E-state index contributed by atoms with van der Waals surface area (Å²) in [5.41, 5.74) is 0.787. The maximum Gasteiger partial charge on any atom is 0.320 e. The van der Waals surface area contributed by atoms with Gasteiger partial charge in [0, 0.05) is 0 Å². The SMILES string of the molecule is CNCc1nnc(Nc2ccccc2OC)o1. The second-order valence-electron chi connectivity index (χ2n) is 3.36. The standard InChI is InChI=1S/C11H14N4O2/c1-12-7-10-14-15-11(17-10)13-8-5-3-4-6-9(8)16-2/h3-6,12H,7H2,1-2H3,(H,13,15). The number of hydrogen-bond donors (Lipinski definition) is 2. The molecule has 1 aromatic heterocycles. The lowest BCUT2D eigenvalue weighted by molar-refractivity contribution is 0.416. The van der Waals surface area contributed by atoms with Crippen LogP contribution < -0.4 is 15.4 Å². The molecular formula is C11H14N4O2. The van der Waals surface area contributed by atoms with Crippen molar-refractivity contribution in [3.8, 4) is 5.75 Å². The first kappa shape index (κ1) is 11.4. The van der Waals surface area contributed by atoms with Crippen molar-refractivity contribution in [2.75, 3.05) is 19.5 Å². The highest BCUT2D eigenvalue weighted by Gasteiger charge is 2.07. The second-order valence-corrected chi connectivity index (χ2v) is 3.36. The monoisotopic (exact) mass is 234 g/mol. The van der Waals surface area contributed by atoms with E-state index in [9.17, 15) is 0 Å². The smallest absolute Gasteiger partial charge is 0.320 e. The Morgan fingerprint density at radius 3 is 2.88 bits per heavy atom. The molecule has 0 spiro atoms. The Morgan fingerprint density at radius 1 is 1.29 bits per heavy atom. The third-order valence-corrected chi connectivity index (χ3v) is 2.14. The van der Waals surface area contributed by atoms with Crippen LogP contribution in [0.4, 0.5) is 11.7 Å². The number of anilines is 2. The topological polar surface area (TPSA) is 72.2 Å². The quantitative estimate of drug-likeness (QED) is 0.817. The van der Waals surface area contributed by atoms with Gasteiger partial charge in [0.05, 0.1) is 19.3 Å². The highest BCUT2D eigenvalue weighted by molar-refractivity contribution is 5.61. The summed E-state index contributed by atoms with van der Waals surface area (Å²) < 4.78 is 10.6. The lowest BCUT2D eigenvalue weighted by atomic mass is 10.3. The molecule has 6 nitrogen and oxygen atoms in total. The molecule has 0 saturated carbocycles. The zero-order valence-corrected chi connectivity index (χ0v) is 9.73. The largest absolute Gasteiger partial charge is 0.495 e. The van der Waals surface area contributed by atoms with Gasteiger partial charge in [-0.3, -0.25) is 0 Å².